The lowest BCUT2D eigenvalue weighted by atomic mass is 10.1. The quantitative estimate of drug-likeness (QED) is 0.842. The summed E-state index contributed by atoms with van der Waals surface area (Å²) in [7, 11) is 0. The molecule has 0 radical (unpaired) electrons. The van der Waals surface area contributed by atoms with Crippen LogP contribution in [0.4, 0.5) is 4.79 Å². The molecular weight excluding hydrogens is 294 g/mol. The van der Waals surface area contributed by atoms with Crippen LogP contribution in [-0.4, -0.2) is 31.5 Å². The van der Waals surface area contributed by atoms with E-state index < -0.39 is 5.60 Å². The molecule has 23 heavy (non-hydrogen) atoms. The molecular formula is C18H25NO4. The summed E-state index contributed by atoms with van der Waals surface area (Å²) in [5.74, 6) is 0. The molecule has 1 aromatic rings. The molecule has 1 N–H and O–H groups in total. The van der Waals surface area contributed by atoms with Gasteiger partial charge in [-0.1, -0.05) is 30.4 Å². The zero-order valence-electron chi connectivity index (χ0n) is 14.0. The summed E-state index contributed by atoms with van der Waals surface area (Å²) in [4.78, 5) is 11.5. The van der Waals surface area contributed by atoms with E-state index in [1.807, 2.05) is 57.2 Å². The molecule has 0 saturated carbocycles. The van der Waals surface area contributed by atoms with Gasteiger partial charge in [0.1, 0.15) is 5.60 Å². The van der Waals surface area contributed by atoms with Gasteiger partial charge in [0, 0.05) is 12.1 Å². The smallest absolute Gasteiger partial charge is 0.407 e. The SMILES string of the molecule is CC(C)(C)OC(=O)NCCC=Cc1cccc(C2OCCO2)c1. The minimum Gasteiger partial charge on any atom is -0.444 e. The Morgan fingerprint density at radius 2 is 2.09 bits per heavy atom. The highest BCUT2D eigenvalue weighted by atomic mass is 16.7. The van der Waals surface area contributed by atoms with Crippen LogP contribution < -0.4 is 5.32 Å². The Hall–Kier alpha value is -1.85. The zero-order chi connectivity index (χ0) is 16.7. The molecule has 1 fully saturated rings. The normalized spacial score (nSPS) is 16.0. The number of hydrogen-bond donors (Lipinski definition) is 1. The molecule has 0 bridgehead atoms. The molecule has 2 rings (SSSR count). The highest BCUT2D eigenvalue weighted by molar-refractivity contribution is 5.67. The molecule has 1 heterocycles. The second-order valence-corrected chi connectivity index (χ2v) is 6.36. The molecule has 1 aromatic carbocycles. The molecule has 5 nitrogen and oxygen atoms in total. The lowest BCUT2D eigenvalue weighted by Gasteiger charge is -2.19. The number of carbonyl (C=O) groups excluding carboxylic acids is 1. The third kappa shape index (κ3) is 6.42. The summed E-state index contributed by atoms with van der Waals surface area (Å²) in [6.45, 7) is 7.35. The van der Waals surface area contributed by atoms with E-state index in [-0.39, 0.29) is 12.4 Å². The Balaban J connectivity index is 1.75. The van der Waals surface area contributed by atoms with Crippen LogP contribution in [0.3, 0.4) is 0 Å². The summed E-state index contributed by atoms with van der Waals surface area (Å²) in [5, 5.41) is 2.73. The Labute approximate surface area is 137 Å². The van der Waals surface area contributed by atoms with Crippen LogP contribution in [0.15, 0.2) is 30.3 Å². The number of rotatable bonds is 5. The number of carbonyl (C=O) groups is 1. The van der Waals surface area contributed by atoms with Crippen molar-refractivity contribution < 1.29 is 19.0 Å². The number of hydrogen-bond acceptors (Lipinski definition) is 4. The standard InChI is InChI=1S/C18H25NO4/c1-18(2,3)23-17(20)19-10-5-4-7-14-8-6-9-15(13-14)16-21-11-12-22-16/h4,6-9,13,16H,5,10-12H2,1-3H3,(H,19,20). The van der Waals surface area contributed by atoms with Crippen molar-refractivity contribution in [1.29, 1.82) is 0 Å². The van der Waals surface area contributed by atoms with E-state index in [1.165, 1.54) is 0 Å². The van der Waals surface area contributed by atoms with Crippen molar-refractivity contribution in [2.45, 2.75) is 39.1 Å². The Bertz CT molecular complexity index is 542. The van der Waals surface area contributed by atoms with Crippen molar-refractivity contribution in [3.63, 3.8) is 0 Å². The fourth-order valence-corrected chi connectivity index (χ4v) is 2.15. The Morgan fingerprint density at radius 1 is 1.35 bits per heavy atom. The van der Waals surface area contributed by atoms with E-state index in [9.17, 15) is 4.79 Å². The number of nitrogens with one attached hydrogen (secondary N) is 1. The fraction of sp³-hybridized carbons (Fsp3) is 0.500. The van der Waals surface area contributed by atoms with Crippen molar-refractivity contribution in [3.05, 3.63) is 41.5 Å². The molecule has 0 unspecified atom stereocenters. The average Bonchev–Trinajstić information content (AvgIpc) is 2.99. The molecule has 1 amide bonds. The third-order valence-electron chi connectivity index (χ3n) is 3.09. The van der Waals surface area contributed by atoms with Gasteiger partial charge in [-0.2, -0.15) is 0 Å². The van der Waals surface area contributed by atoms with Crippen LogP contribution in [0.2, 0.25) is 0 Å². The lowest BCUT2D eigenvalue weighted by Crippen LogP contribution is -2.32. The maximum absolute atomic E-state index is 11.5. The van der Waals surface area contributed by atoms with E-state index in [0.29, 0.717) is 19.8 Å². The Kier molecular flexibility index (Phi) is 6.19. The summed E-state index contributed by atoms with van der Waals surface area (Å²) in [6, 6.07) is 8.06. The van der Waals surface area contributed by atoms with E-state index >= 15 is 0 Å². The van der Waals surface area contributed by atoms with Crippen molar-refractivity contribution in [2.75, 3.05) is 19.8 Å². The highest BCUT2D eigenvalue weighted by Crippen LogP contribution is 2.24. The second-order valence-electron chi connectivity index (χ2n) is 6.36. The van der Waals surface area contributed by atoms with E-state index in [0.717, 1.165) is 17.5 Å². The van der Waals surface area contributed by atoms with E-state index in [1.54, 1.807) is 0 Å². The minimum atomic E-state index is -0.468. The van der Waals surface area contributed by atoms with Gasteiger partial charge in [0.2, 0.25) is 0 Å². The van der Waals surface area contributed by atoms with Gasteiger partial charge < -0.3 is 19.5 Å². The topological polar surface area (TPSA) is 56.8 Å². The first kappa shape index (κ1) is 17.5. The first-order valence-electron chi connectivity index (χ1n) is 7.90. The predicted molar refractivity (Wildman–Crippen MR) is 89.0 cm³/mol. The number of alkyl carbamates (subject to hydrolysis) is 1. The summed E-state index contributed by atoms with van der Waals surface area (Å²) in [5.41, 5.74) is 1.64. The maximum atomic E-state index is 11.5. The molecule has 1 aliphatic rings. The summed E-state index contributed by atoms with van der Waals surface area (Å²) >= 11 is 0. The van der Waals surface area contributed by atoms with Crippen molar-refractivity contribution in [2.24, 2.45) is 0 Å². The van der Waals surface area contributed by atoms with Crippen molar-refractivity contribution in [3.8, 4) is 0 Å². The first-order valence-corrected chi connectivity index (χ1v) is 7.90. The number of ether oxygens (including phenoxy) is 3. The molecule has 5 heteroatoms. The van der Waals surface area contributed by atoms with E-state index in [4.69, 9.17) is 14.2 Å². The Morgan fingerprint density at radius 3 is 2.78 bits per heavy atom. The molecule has 0 aromatic heterocycles. The van der Waals surface area contributed by atoms with E-state index in [2.05, 4.69) is 5.32 Å². The minimum absolute atomic E-state index is 0.253. The summed E-state index contributed by atoms with van der Waals surface area (Å²) < 4.78 is 16.2. The van der Waals surface area contributed by atoms with Gasteiger partial charge in [-0.3, -0.25) is 0 Å². The van der Waals surface area contributed by atoms with Crippen molar-refractivity contribution >= 4 is 12.2 Å². The van der Waals surface area contributed by atoms with Crippen LogP contribution in [-0.2, 0) is 14.2 Å². The van der Waals surface area contributed by atoms with Crippen molar-refractivity contribution in [1.82, 2.24) is 5.32 Å². The van der Waals surface area contributed by atoms with Gasteiger partial charge in [0.25, 0.3) is 0 Å². The zero-order valence-corrected chi connectivity index (χ0v) is 14.0. The molecule has 1 saturated heterocycles. The molecule has 0 atom stereocenters. The molecule has 0 spiro atoms. The molecule has 1 aliphatic heterocycles. The van der Waals surface area contributed by atoms with Gasteiger partial charge in [-0.25, -0.2) is 4.79 Å². The highest BCUT2D eigenvalue weighted by Gasteiger charge is 2.18. The third-order valence-corrected chi connectivity index (χ3v) is 3.09. The first-order chi connectivity index (χ1) is 10.9. The molecule has 0 aliphatic carbocycles. The fourth-order valence-electron chi connectivity index (χ4n) is 2.15. The van der Waals surface area contributed by atoms with Gasteiger partial charge in [-0.15, -0.1) is 0 Å². The van der Waals surface area contributed by atoms with Crippen LogP contribution in [0.25, 0.3) is 6.08 Å². The monoisotopic (exact) mass is 319 g/mol. The molecule has 126 valence electrons. The largest absolute Gasteiger partial charge is 0.444 e. The number of amides is 1. The second kappa shape index (κ2) is 8.13. The summed E-state index contributed by atoms with van der Waals surface area (Å²) in [6.07, 6.45) is 4.14. The predicted octanol–water partition coefficient (Wildman–Crippen LogP) is 3.66. The van der Waals surface area contributed by atoms with Crippen LogP contribution in [0, 0.1) is 0 Å². The van der Waals surface area contributed by atoms with Crippen LogP contribution in [0.1, 0.15) is 44.6 Å². The van der Waals surface area contributed by atoms with Gasteiger partial charge in [-0.05, 0) is 38.8 Å². The lowest BCUT2D eigenvalue weighted by molar-refractivity contribution is -0.0441. The average molecular weight is 319 g/mol. The maximum Gasteiger partial charge on any atom is 0.407 e. The number of benzene rings is 1. The van der Waals surface area contributed by atoms with Gasteiger partial charge in [0.05, 0.1) is 13.2 Å². The van der Waals surface area contributed by atoms with Crippen LogP contribution in [0.5, 0.6) is 0 Å². The van der Waals surface area contributed by atoms with Crippen LogP contribution >= 0.6 is 0 Å². The van der Waals surface area contributed by atoms with Gasteiger partial charge in [0.15, 0.2) is 6.29 Å². The van der Waals surface area contributed by atoms with Gasteiger partial charge >= 0.3 is 6.09 Å².